The third-order valence-electron chi connectivity index (χ3n) is 8.44. The number of carbonyl (C=O) groups is 3. The number of carbonyl (C=O) groups excluding carboxylic acids is 3. The van der Waals surface area contributed by atoms with Crippen molar-refractivity contribution in [3.63, 3.8) is 0 Å². The van der Waals surface area contributed by atoms with Gasteiger partial charge in [-0.1, -0.05) is 97.1 Å². The van der Waals surface area contributed by atoms with Crippen molar-refractivity contribution in [2.24, 2.45) is 0 Å². The summed E-state index contributed by atoms with van der Waals surface area (Å²) in [5.74, 6) is -0.684. The number of anilines is 2. The first kappa shape index (κ1) is 30.3. The fourth-order valence-corrected chi connectivity index (χ4v) is 6.04. The highest BCUT2D eigenvalue weighted by atomic mass is 16.5. The lowest BCUT2D eigenvalue weighted by Crippen LogP contribution is -2.42. The van der Waals surface area contributed by atoms with Crippen LogP contribution in [0.4, 0.5) is 11.9 Å². The summed E-state index contributed by atoms with van der Waals surface area (Å²) >= 11 is 0. The Kier molecular flexibility index (Phi) is 8.32. The molecular formula is C39H31N5O4. The average molecular weight is 634 g/mol. The summed E-state index contributed by atoms with van der Waals surface area (Å²) in [5, 5.41) is 4.86. The summed E-state index contributed by atoms with van der Waals surface area (Å²) in [6.45, 7) is 0. The van der Waals surface area contributed by atoms with Gasteiger partial charge in [0.25, 0.3) is 23.7 Å². The second kappa shape index (κ2) is 13.2. The number of fused-ring (bicyclic) bond motifs is 1. The number of benzene rings is 5. The molecule has 1 aliphatic rings. The van der Waals surface area contributed by atoms with Gasteiger partial charge in [0.15, 0.2) is 0 Å². The summed E-state index contributed by atoms with van der Waals surface area (Å²) < 4.78 is 7.07. The molecule has 3 amide bonds. The first-order chi connectivity index (χ1) is 23.5. The third-order valence-corrected chi connectivity index (χ3v) is 8.44. The standard InChI is InChI=1S/C39H31N5O4/c1-48-32-24-22-28(23-25-32)34-26-33(27-14-6-2-7-15-27)42(35(45)29-16-8-3-9-17-29)39-40-38(41-44(34)39)43(36(46)30-18-10-4-11-19-30)37(47)31-20-12-5-13-21-31/h2-25,33-34H,26H2,1H3. The zero-order valence-corrected chi connectivity index (χ0v) is 26.1. The van der Waals surface area contributed by atoms with Crippen molar-refractivity contribution in [3.05, 3.63) is 173 Å². The molecular weight excluding hydrogens is 602 g/mol. The van der Waals surface area contributed by atoms with Gasteiger partial charge < -0.3 is 4.74 Å². The van der Waals surface area contributed by atoms with Crippen molar-refractivity contribution in [2.45, 2.75) is 18.5 Å². The summed E-state index contributed by atoms with van der Waals surface area (Å²) in [7, 11) is 1.61. The molecule has 0 spiro atoms. The topological polar surface area (TPSA) is 97.6 Å². The molecule has 5 aromatic carbocycles. The Morgan fingerprint density at radius 1 is 0.625 bits per heavy atom. The predicted molar refractivity (Wildman–Crippen MR) is 182 cm³/mol. The molecule has 1 aliphatic heterocycles. The zero-order chi connectivity index (χ0) is 33.0. The number of imide groups is 1. The summed E-state index contributed by atoms with van der Waals surface area (Å²) in [6.07, 6.45) is 0.448. The fourth-order valence-electron chi connectivity index (χ4n) is 6.04. The molecule has 2 atom stereocenters. The Bertz CT molecular complexity index is 2000. The van der Waals surface area contributed by atoms with Gasteiger partial charge in [-0.3, -0.25) is 19.3 Å². The Morgan fingerprint density at radius 2 is 1.10 bits per heavy atom. The number of methoxy groups -OCH3 is 1. The number of hydrogen-bond donors (Lipinski definition) is 0. The van der Waals surface area contributed by atoms with Gasteiger partial charge >= 0.3 is 0 Å². The molecule has 236 valence electrons. The summed E-state index contributed by atoms with van der Waals surface area (Å²) in [4.78, 5) is 50.2. The number of amides is 3. The van der Waals surface area contributed by atoms with E-state index in [1.807, 2.05) is 72.8 Å². The van der Waals surface area contributed by atoms with Crippen LogP contribution in [0.1, 0.15) is 60.7 Å². The SMILES string of the molecule is COc1ccc(C2CC(c3ccccc3)N(C(=O)c3ccccc3)c3nc(N(C(=O)c4ccccc4)C(=O)c4ccccc4)nn32)cc1. The van der Waals surface area contributed by atoms with Crippen molar-refractivity contribution in [1.29, 1.82) is 0 Å². The molecule has 0 N–H and O–H groups in total. The minimum Gasteiger partial charge on any atom is -0.497 e. The van der Waals surface area contributed by atoms with E-state index in [1.165, 1.54) is 0 Å². The molecule has 0 saturated carbocycles. The van der Waals surface area contributed by atoms with Crippen LogP contribution in [0.3, 0.4) is 0 Å². The molecule has 9 heteroatoms. The lowest BCUT2D eigenvalue weighted by atomic mass is 9.91. The second-order valence-corrected chi connectivity index (χ2v) is 11.3. The van der Waals surface area contributed by atoms with Gasteiger partial charge in [0, 0.05) is 16.7 Å². The number of nitrogens with zero attached hydrogens (tertiary/aromatic N) is 5. The Labute approximate surface area is 277 Å². The highest BCUT2D eigenvalue weighted by molar-refractivity contribution is 6.25. The van der Waals surface area contributed by atoms with Crippen LogP contribution in [0, 0.1) is 0 Å². The first-order valence-corrected chi connectivity index (χ1v) is 15.6. The van der Waals surface area contributed by atoms with E-state index >= 15 is 0 Å². The number of hydrogen-bond acceptors (Lipinski definition) is 6. The van der Waals surface area contributed by atoms with Gasteiger partial charge in [0.1, 0.15) is 5.75 Å². The molecule has 0 bridgehead atoms. The summed E-state index contributed by atoms with van der Waals surface area (Å²) in [6, 6.07) is 42.6. The van der Waals surface area contributed by atoms with Crippen LogP contribution in [-0.2, 0) is 0 Å². The maximum absolute atomic E-state index is 14.4. The highest BCUT2D eigenvalue weighted by Gasteiger charge is 2.42. The molecule has 1 aromatic heterocycles. The van der Waals surface area contributed by atoms with Gasteiger partial charge in [0.05, 0.1) is 19.2 Å². The van der Waals surface area contributed by atoms with E-state index in [0.29, 0.717) is 28.9 Å². The lowest BCUT2D eigenvalue weighted by Gasteiger charge is -2.39. The molecule has 0 radical (unpaired) electrons. The van der Waals surface area contributed by atoms with Crippen LogP contribution in [-0.4, -0.2) is 39.6 Å². The smallest absolute Gasteiger partial charge is 0.267 e. The Morgan fingerprint density at radius 3 is 1.62 bits per heavy atom. The van der Waals surface area contributed by atoms with Gasteiger partial charge in [-0.15, -0.1) is 5.10 Å². The van der Waals surface area contributed by atoms with Crippen molar-refractivity contribution in [1.82, 2.24) is 14.8 Å². The quantitative estimate of drug-likeness (QED) is 0.173. The van der Waals surface area contributed by atoms with E-state index < -0.39 is 23.9 Å². The van der Waals surface area contributed by atoms with Crippen molar-refractivity contribution < 1.29 is 19.1 Å². The van der Waals surface area contributed by atoms with Gasteiger partial charge in [-0.25, -0.2) is 9.58 Å². The van der Waals surface area contributed by atoms with Crippen molar-refractivity contribution >= 4 is 29.6 Å². The molecule has 0 fully saturated rings. The van der Waals surface area contributed by atoms with Gasteiger partial charge in [-0.05, 0) is 66.1 Å². The highest BCUT2D eigenvalue weighted by Crippen LogP contribution is 2.44. The van der Waals surface area contributed by atoms with Crippen LogP contribution in [0.25, 0.3) is 0 Å². The van der Waals surface area contributed by atoms with Crippen LogP contribution in [0.15, 0.2) is 146 Å². The van der Waals surface area contributed by atoms with E-state index in [4.69, 9.17) is 14.8 Å². The molecule has 48 heavy (non-hydrogen) atoms. The molecule has 6 aromatic rings. The zero-order valence-electron chi connectivity index (χ0n) is 26.1. The minimum atomic E-state index is -0.589. The second-order valence-electron chi connectivity index (χ2n) is 11.3. The van der Waals surface area contributed by atoms with Gasteiger partial charge in [0.2, 0.25) is 5.95 Å². The van der Waals surface area contributed by atoms with E-state index in [-0.39, 0.29) is 17.8 Å². The van der Waals surface area contributed by atoms with Crippen LogP contribution >= 0.6 is 0 Å². The van der Waals surface area contributed by atoms with E-state index in [0.717, 1.165) is 16.0 Å². The van der Waals surface area contributed by atoms with Crippen LogP contribution in [0.5, 0.6) is 5.75 Å². The van der Waals surface area contributed by atoms with Crippen LogP contribution < -0.4 is 14.5 Å². The maximum atomic E-state index is 14.4. The number of rotatable bonds is 7. The third kappa shape index (κ3) is 5.73. The summed E-state index contributed by atoms with van der Waals surface area (Å²) in [5.41, 5.74) is 2.86. The Balaban J connectivity index is 1.44. The molecule has 7 rings (SSSR count). The van der Waals surface area contributed by atoms with Gasteiger partial charge in [-0.2, -0.15) is 4.98 Å². The normalized spacial score (nSPS) is 15.3. The van der Waals surface area contributed by atoms with E-state index in [1.54, 1.807) is 89.5 Å². The molecule has 0 saturated heterocycles. The average Bonchev–Trinajstić information content (AvgIpc) is 3.60. The molecule has 0 aliphatic carbocycles. The van der Waals surface area contributed by atoms with E-state index in [2.05, 4.69) is 0 Å². The maximum Gasteiger partial charge on any atom is 0.267 e. The lowest BCUT2D eigenvalue weighted by molar-refractivity contribution is 0.0893. The number of ether oxygens (including phenoxy) is 1. The molecule has 2 unspecified atom stereocenters. The fraction of sp³-hybridized carbons (Fsp3) is 0.103. The first-order valence-electron chi connectivity index (χ1n) is 15.6. The molecule has 9 nitrogen and oxygen atoms in total. The minimum absolute atomic E-state index is 0.134. The Hall–Kier alpha value is -6.35. The van der Waals surface area contributed by atoms with Crippen LogP contribution in [0.2, 0.25) is 0 Å². The monoisotopic (exact) mass is 633 g/mol. The van der Waals surface area contributed by atoms with Crippen molar-refractivity contribution in [2.75, 3.05) is 16.9 Å². The van der Waals surface area contributed by atoms with E-state index in [9.17, 15) is 14.4 Å². The molecule has 2 heterocycles. The number of aromatic nitrogens is 3. The predicted octanol–water partition coefficient (Wildman–Crippen LogP) is 7.16. The largest absolute Gasteiger partial charge is 0.497 e. The van der Waals surface area contributed by atoms with Crippen molar-refractivity contribution in [3.8, 4) is 5.75 Å².